The van der Waals surface area contributed by atoms with Crippen LogP contribution in [0.4, 0.5) is 0 Å². The van der Waals surface area contributed by atoms with E-state index in [1.54, 1.807) is 12.2 Å². The molecule has 0 aliphatic heterocycles. The number of carbonyl (C=O) groups excluding carboxylic acids is 2. The topological polar surface area (TPSA) is 43.4 Å². The van der Waals surface area contributed by atoms with Crippen molar-refractivity contribution >= 4 is 58.3 Å². The predicted octanol–water partition coefficient (Wildman–Crippen LogP) is 4.18. The van der Waals surface area contributed by atoms with Gasteiger partial charge in [0.25, 0.3) is 0 Å². The van der Waals surface area contributed by atoms with Gasteiger partial charge < -0.3 is 4.74 Å². The van der Waals surface area contributed by atoms with Crippen molar-refractivity contribution in [3.05, 3.63) is 46.5 Å². The van der Waals surface area contributed by atoms with Crippen LogP contribution in [-0.2, 0) is 14.3 Å². The number of hydrogen-bond donors (Lipinski definition) is 0. The molecule has 3 nitrogen and oxygen atoms in total. The van der Waals surface area contributed by atoms with Gasteiger partial charge in [0.1, 0.15) is 0 Å². The van der Waals surface area contributed by atoms with Crippen LogP contribution in [0.25, 0.3) is 0 Å². The van der Waals surface area contributed by atoms with Crippen molar-refractivity contribution < 1.29 is 14.3 Å². The molecule has 0 spiro atoms. The molecule has 2 unspecified atom stereocenters. The molecule has 0 aromatic heterocycles. The summed E-state index contributed by atoms with van der Waals surface area (Å²) in [6.45, 7) is 0. The second kappa shape index (κ2) is 6.17. The van der Waals surface area contributed by atoms with Gasteiger partial charge in [-0.05, 0) is 12.2 Å². The fourth-order valence-corrected chi connectivity index (χ4v) is 2.38. The van der Waals surface area contributed by atoms with Crippen LogP contribution >= 0.6 is 46.4 Å². The number of alkyl halides is 2. The van der Waals surface area contributed by atoms with Crippen molar-refractivity contribution in [3.63, 3.8) is 0 Å². The minimum Gasteiger partial charge on any atom is -0.390 e. The van der Waals surface area contributed by atoms with E-state index < -0.39 is 21.7 Å². The number of halogens is 4. The van der Waals surface area contributed by atoms with Gasteiger partial charge in [0.05, 0.1) is 0 Å². The summed E-state index contributed by atoms with van der Waals surface area (Å²) in [5.74, 6) is -1.78. The first-order valence-electron chi connectivity index (χ1n) is 5.99. The van der Waals surface area contributed by atoms with E-state index >= 15 is 0 Å². The van der Waals surface area contributed by atoms with E-state index in [2.05, 4.69) is 0 Å². The molecule has 0 bridgehead atoms. The molecular weight excluding hydrogens is 358 g/mol. The van der Waals surface area contributed by atoms with Crippen LogP contribution < -0.4 is 0 Å². The van der Waals surface area contributed by atoms with Gasteiger partial charge in [-0.15, -0.1) is 23.2 Å². The lowest BCUT2D eigenvalue weighted by molar-refractivity contribution is -0.161. The Kier molecular flexibility index (Phi) is 4.89. The zero-order valence-corrected chi connectivity index (χ0v) is 13.6. The highest BCUT2D eigenvalue weighted by molar-refractivity contribution is 6.40. The average Bonchev–Trinajstić information content (AvgIpc) is 2.45. The third kappa shape index (κ3) is 3.72. The summed E-state index contributed by atoms with van der Waals surface area (Å²) >= 11 is 23.8. The lowest BCUT2D eigenvalue weighted by Crippen LogP contribution is -2.40. The molecule has 2 rings (SSSR count). The maximum Gasteiger partial charge on any atom is 0.339 e. The number of hydrogen-bond acceptors (Lipinski definition) is 3. The van der Waals surface area contributed by atoms with Gasteiger partial charge >= 0.3 is 11.9 Å². The molecule has 0 N–H and O–H groups in total. The minimum atomic E-state index is -1.45. The Balaban J connectivity index is 2.05. The van der Waals surface area contributed by atoms with Crippen molar-refractivity contribution in [2.45, 2.75) is 22.6 Å². The molecule has 0 aromatic carbocycles. The van der Waals surface area contributed by atoms with Gasteiger partial charge in [0, 0.05) is 22.9 Å². The molecule has 0 aromatic rings. The van der Waals surface area contributed by atoms with Crippen molar-refractivity contribution in [1.82, 2.24) is 0 Å². The molecule has 0 heterocycles. The smallest absolute Gasteiger partial charge is 0.339 e. The molecule has 0 radical (unpaired) electrons. The third-order valence-electron chi connectivity index (χ3n) is 3.07. The standard InChI is InChI=1S/C14H10Cl4O3/c15-9-1-5-13(17,6-2-9)11(19)21-12(20)14(18)7-3-10(16)4-8-14/h1-5,7H,6,8H2. The van der Waals surface area contributed by atoms with E-state index in [1.165, 1.54) is 24.3 Å². The van der Waals surface area contributed by atoms with Gasteiger partial charge in [-0.3, -0.25) is 0 Å². The first kappa shape index (κ1) is 16.6. The first-order chi connectivity index (χ1) is 9.75. The third-order valence-corrected chi connectivity index (χ3v) is 4.50. The Hall–Kier alpha value is -0.740. The maximum atomic E-state index is 12.1. The van der Waals surface area contributed by atoms with Crippen LogP contribution in [0.1, 0.15) is 12.8 Å². The summed E-state index contributed by atoms with van der Waals surface area (Å²) < 4.78 is 4.82. The van der Waals surface area contributed by atoms with Gasteiger partial charge in [-0.25, -0.2) is 9.59 Å². The highest BCUT2D eigenvalue weighted by atomic mass is 35.5. The highest BCUT2D eigenvalue weighted by Gasteiger charge is 2.42. The Morgan fingerprint density at radius 3 is 1.57 bits per heavy atom. The lowest BCUT2D eigenvalue weighted by Gasteiger charge is -2.26. The Bertz CT molecular complexity index is 553. The summed E-state index contributed by atoms with van der Waals surface area (Å²) in [6.07, 6.45) is 9.13. The quantitative estimate of drug-likeness (QED) is 0.417. The molecule has 0 amide bonds. The zero-order valence-electron chi connectivity index (χ0n) is 10.6. The van der Waals surface area contributed by atoms with E-state index in [4.69, 9.17) is 51.1 Å². The Morgan fingerprint density at radius 1 is 0.905 bits per heavy atom. The second-order valence-electron chi connectivity index (χ2n) is 4.65. The maximum absolute atomic E-state index is 12.1. The van der Waals surface area contributed by atoms with Crippen LogP contribution in [0.3, 0.4) is 0 Å². The second-order valence-corrected chi connectivity index (χ2v) is 6.88. The largest absolute Gasteiger partial charge is 0.390 e. The van der Waals surface area contributed by atoms with E-state index in [1.807, 2.05) is 0 Å². The van der Waals surface area contributed by atoms with E-state index in [9.17, 15) is 9.59 Å². The van der Waals surface area contributed by atoms with Crippen LogP contribution in [0, 0.1) is 0 Å². The normalized spacial score (nSPS) is 31.4. The molecule has 21 heavy (non-hydrogen) atoms. The van der Waals surface area contributed by atoms with Gasteiger partial charge in [-0.1, -0.05) is 47.5 Å². The Morgan fingerprint density at radius 2 is 1.29 bits per heavy atom. The van der Waals surface area contributed by atoms with E-state index in [0.717, 1.165) is 0 Å². The van der Waals surface area contributed by atoms with Gasteiger partial charge in [0.2, 0.25) is 0 Å². The van der Waals surface area contributed by atoms with Crippen LogP contribution in [0.2, 0.25) is 0 Å². The first-order valence-corrected chi connectivity index (χ1v) is 7.51. The molecule has 0 fully saturated rings. The van der Waals surface area contributed by atoms with Crippen molar-refractivity contribution in [3.8, 4) is 0 Å². The summed E-state index contributed by atoms with van der Waals surface area (Å²) in [7, 11) is 0. The van der Waals surface area contributed by atoms with Crippen LogP contribution in [-0.4, -0.2) is 21.7 Å². The highest BCUT2D eigenvalue weighted by Crippen LogP contribution is 2.34. The predicted molar refractivity (Wildman–Crippen MR) is 83.7 cm³/mol. The molecule has 2 aliphatic rings. The molecular formula is C14H10Cl4O3. The van der Waals surface area contributed by atoms with E-state index in [0.29, 0.717) is 10.1 Å². The number of allylic oxidation sites excluding steroid dienone is 6. The number of rotatable bonds is 2. The van der Waals surface area contributed by atoms with Gasteiger partial charge in [0.15, 0.2) is 9.75 Å². The average molecular weight is 368 g/mol. The summed E-state index contributed by atoms with van der Waals surface area (Å²) in [5.41, 5.74) is 0. The molecule has 7 heteroatoms. The lowest BCUT2D eigenvalue weighted by atomic mass is 9.98. The number of esters is 2. The molecule has 2 aliphatic carbocycles. The van der Waals surface area contributed by atoms with Gasteiger partial charge in [-0.2, -0.15) is 0 Å². The summed E-state index contributed by atoms with van der Waals surface area (Å²) in [4.78, 5) is 21.2. The Labute approximate surface area is 141 Å². The molecule has 2 atom stereocenters. The fraction of sp³-hybridized carbons (Fsp3) is 0.286. The van der Waals surface area contributed by atoms with E-state index in [-0.39, 0.29) is 12.8 Å². The molecule has 0 saturated carbocycles. The van der Waals surface area contributed by atoms with Crippen molar-refractivity contribution in [2.24, 2.45) is 0 Å². The van der Waals surface area contributed by atoms with Crippen LogP contribution in [0.5, 0.6) is 0 Å². The monoisotopic (exact) mass is 366 g/mol. The summed E-state index contributed by atoms with van der Waals surface area (Å²) in [6, 6.07) is 0. The van der Waals surface area contributed by atoms with Crippen LogP contribution in [0.15, 0.2) is 46.5 Å². The zero-order chi connectivity index (χ0) is 15.7. The number of carbonyl (C=O) groups is 2. The van der Waals surface area contributed by atoms with Crippen molar-refractivity contribution in [1.29, 1.82) is 0 Å². The number of ether oxygens (including phenoxy) is 1. The molecule has 112 valence electrons. The summed E-state index contributed by atoms with van der Waals surface area (Å²) in [5, 5.41) is 0.934. The minimum absolute atomic E-state index is 0.132. The SMILES string of the molecule is O=C(OC(=O)C1(Cl)C=CC(Cl)=CC1)C1(Cl)C=CC(Cl)=CC1. The molecule has 0 saturated heterocycles. The van der Waals surface area contributed by atoms with Crippen molar-refractivity contribution in [2.75, 3.05) is 0 Å². The fourth-order valence-electron chi connectivity index (χ4n) is 1.74.